The molecule has 0 radical (unpaired) electrons. The van der Waals surface area contributed by atoms with E-state index in [0.717, 1.165) is 10.9 Å². The number of fused-ring (bicyclic) bond motifs is 2. The molecular formula is C20H16N4O4. The SMILES string of the molecule is O=C(NCCNC(=O)c1n[nH]c2ccccc12)c1cc2ccccc2oc1=O. The Morgan fingerprint density at radius 1 is 0.964 bits per heavy atom. The summed E-state index contributed by atoms with van der Waals surface area (Å²) in [5.74, 6) is -0.907. The molecule has 8 heteroatoms. The third kappa shape index (κ3) is 3.35. The Morgan fingerprint density at radius 3 is 2.54 bits per heavy atom. The molecule has 0 fully saturated rings. The number of nitrogens with one attached hydrogen (secondary N) is 3. The van der Waals surface area contributed by atoms with Gasteiger partial charge in [-0.05, 0) is 18.2 Å². The highest BCUT2D eigenvalue weighted by molar-refractivity contribution is 6.04. The third-order valence-corrected chi connectivity index (χ3v) is 4.27. The maximum atomic E-state index is 12.3. The summed E-state index contributed by atoms with van der Waals surface area (Å²) >= 11 is 0. The minimum atomic E-state index is -0.705. The molecule has 0 saturated carbocycles. The number of hydrogen-bond acceptors (Lipinski definition) is 5. The fourth-order valence-electron chi connectivity index (χ4n) is 2.89. The highest BCUT2D eigenvalue weighted by Crippen LogP contribution is 2.14. The molecule has 140 valence electrons. The summed E-state index contributed by atoms with van der Waals surface area (Å²) in [6.45, 7) is 0.337. The Morgan fingerprint density at radius 2 is 1.68 bits per heavy atom. The van der Waals surface area contributed by atoms with Crippen molar-refractivity contribution < 1.29 is 14.0 Å². The van der Waals surface area contributed by atoms with Crippen molar-refractivity contribution in [2.75, 3.05) is 13.1 Å². The lowest BCUT2D eigenvalue weighted by molar-refractivity contribution is 0.0924. The normalized spacial score (nSPS) is 10.9. The van der Waals surface area contributed by atoms with Crippen LogP contribution in [0.2, 0.25) is 0 Å². The second kappa shape index (κ2) is 7.36. The fraction of sp³-hybridized carbons (Fsp3) is 0.100. The molecule has 4 aromatic rings. The summed E-state index contributed by atoms with van der Waals surface area (Å²) in [6.07, 6.45) is 0. The summed E-state index contributed by atoms with van der Waals surface area (Å²) in [6, 6.07) is 15.7. The van der Waals surface area contributed by atoms with Crippen LogP contribution in [-0.4, -0.2) is 35.1 Å². The molecule has 4 rings (SSSR count). The van der Waals surface area contributed by atoms with E-state index in [-0.39, 0.29) is 30.3 Å². The Kier molecular flexibility index (Phi) is 4.59. The van der Waals surface area contributed by atoms with E-state index in [2.05, 4.69) is 20.8 Å². The van der Waals surface area contributed by atoms with Crippen molar-refractivity contribution in [1.82, 2.24) is 20.8 Å². The van der Waals surface area contributed by atoms with Crippen LogP contribution in [0.15, 0.2) is 63.8 Å². The predicted molar refractivity (Wildman–Crippen MR) is 103 cm³/mol. The fourth-order valence-corrected chi connectivity index (χ4v) is 2.89. The Hall–Kier alpha value is -3.94. The molecule has 0 atom stereocenters. The maximum absolute atomic E-state index is 12.3. The molecule has 2 amide bonds. The standard InChI is InChI=1S/C20H16N4O4/c25-18(14-11-12-5-1-4-8-16(12)28-20(14)27)21-9-10-22-19(26)17-13-6-2-3-7-15(13)23-24-17/h1-8,11H,9-10H2,(H,21,25)(H,22,26)(H,23,24). The molecule has 0 spiro atoms. The number of carbonyl (C=O) groups excluding carboxylic acids is 2. The first-order chi connectivity index (χ1) is 13.6. The zero-order valence-electron chi connectivity index (χ0n) is 14.7. The third-order valence-electron chi connectivity index (χ3n) is 4.27. The van der Waals surface area contributed by atoms with Crippen molar-refractivity contribution in [2.24, 2.45) is 0 Å². The molecule has 0 aliphatic carbocycles. The minimum absolute atomic E-state index is 0.0803. The monoisotopic (exact) mass is 376 g/mol. The highest BCUT2D eigenvalue weighted by atomic mass is 16.4. The summed E-state index contributed by atoms with van der Waals surface area (Å²) in [7, 11) is 0. The summed E-state index contributed by atoms with van der Waals surface area (Å²) < 4.78 is 5.15. The van der Waals surface area contributed by atoms with Gasteiger partial charge in [0.25, 0.3) is 11.8 Å². The van der Waals surface area contributed by atoms with Crippen LogP contribution in [0, 0.1) is 0 Å². The van der Waals surface area contributed by atoms with Crippen LogP contribution in [0.25, 0.3) is 21.9 Å². The van der Waals surface area contributed by atoms with Gasteiger partial charge in [0.2, 0.25) is 0 Å². The zero-order chi connectivity index (χ0) is 19.5. The molecule has 0 saturated heterocycles. The first-order valence-corrected chi connectivity index (χ1v) is 8.66. The second-order valence-corrected chi connectivity index (χ2v) is 6.11. The molecule has 2 aromatic heterocycles. The van der Waals surface area contributed by atoms with Crippen molar-refractivity contribution in [3.63, 3.8) is 0 Å². The lowest BCUT2D eigenvalue weighted by Gasteiger charge is -2.06. The van der Waals surface area contributed by atoms with Crippen LogP contribution < -0.4 is 16.3 Å². The van der Waals surface area contributed by atoms with Crippen LogP contribution in [0.4, 0.5) is 0 Å². The van der Waals surface area contributed by atoms with E-state index in [4.69, 9.17) is 4.42 Å². The number of amides is 2. The Labute approximate surface area is 158 Å². The lowest BCUT2D eigenvalue weighted by Crippen LogP contribution is -2.36. The van der Waals surface area contributed by atoms with Crippen LogP contribution in [0.1, 0.15) is 20.8 Å². The summed E-state index contributed by atoms with van der Waals surface area (Å²) in [5, 5.41) is 13.5. The topological polar surface area (TPSA) is 117 Å². The number of benzene rings is 2. The molecule has 0 aliphatic heterocycles. The smallest absolute Gasteiger partial charge is 0.349 e. The molecule has 28 heavy (non-hydrogen) atoms. The summed E-state index contributed by atoms with van der Waals surface area (Å²) in [4.78, 5) is 36.5. The number of para-hydroxylation sites is 2. The lowest BCUT2D eigenvalue weighted by atomic mass is 10.2. The number of aromatic amines is 1. The average Bonchev–Trinajstić information content (AvgIpc) is 3.14. The minimum Gasteiger partial charge on any atom is -0.422 e. The molecule has 8 nitrogen and oxygen atoms in total. The van der Waals surface area contributed by atoms with Crippen LogP contribution in [-0.2, 0) is 0 Å². The van der Waals surface area contributed by atoms with Gasteiger partial charge in [0.05, 0.1) is 5.52 Å². The molecule has 2 aromatic carbocycles. The van der Waals surface area contributed by atoms with Gasteiger partial charge in [0.15, 0.2) is 5.69 Å². The van der Waals surface area contributed by atoms with Gasteiger partial charge in [-0.3, -0.25) is 14.7 Å². The first kappa shape index (κ1) is 17.5. The highest BCUT2D eigenvalue weighted by Gasteiger charge is 2.15. The molecule has 0 unspecified atom stereocenters. The number of H-pyrrole nitrogens is 1. The van der Waals surface area contributed by atoms with E-state index in [1.165, 1.54) is 6.07 Å². The van der Waals surface area contributed by atoms with Gasteiger partial charge in [-0.25, -0.2) is 4.79 Å². The average molecular weight is 376 g/mol. The van der Waals surface area contributed by atoms with E-state index in [1.54, 1.807) is 30.3 Å². The van der Waals surface area contributed by atoms with Crippen molar-refractivity contribution in [3.05, 3.63) is 76.3 Å². The van der Waals surface area contributed by atoms with Crippen molar-refractivity contribution in [3.8, 4) is 0 Å². The van der Waals surface area contributed by atoms with Crippen LogP contribution in [0.5, 0.6) is 0 Å². The molecule has 2 heterocycles. The van der Waals surface area contributed by atoms with Gasteiger partial charge < -0.3 is 15.1 Å². The maximum Gasteiger partial charge on any atom is 0.349 e. The quantitative estimate of drug-likeness (QED) is 0.363. The van der Waals surface area contributed by atoms with E-state index in [1.807, 2.05) is 18.2 Å². The van der Waals surface area contributed by atoms with Gasteiger partial charge in [0, 0.05) is 23.9 Å². The Balaban J connectivity index is 1.36. The van der Waals surface area contributed by atoms with Gasteiger partial charge in [-0.1, -0.05) is 36.4 Å². The molecule has 3 N–H and O–H groups in total. The molecular weight excluding hydrogens is 360 g/mol. The van der Waals surface area contributed by atoms with Gasteiger partial charge >= 0.3 is 5.63 Å². The molecule has 0 aliphatic rings. The molecule has 0 bridgehead atoms. The van der Waals surface area contributed by atoms with Gasteiger partial charge in [-0.15, -0.1) is 0 Å². The van der Waals surface area contributed by atoms with Crippen LogP contribution in [0.3, 0.4) is 0 Å². The van der Waals surface area contributed by atoms with E-state index in [0.29, 0.717) is 11.0 Å². The number of nitrogens with zero attached hydrogens (tertiary/aromatic N) is 1. The zero-order valence-corrected chi connectivity index (χ0v) is 14.7. The van der Waals surface area contributed by atoms with Crippen molar-refractivity contribution in [2.45, 2.75) is 0 Å². The van der Waals surface area contributed by atoms with Crippen molar-refractivity contribution >= 4 is 33.7 Å². The second-order valence-electron chi connectivity index (χ2n) is 6.11. The largest absolute Gasteiger partial charge is 0.422 e. The number of rotatable bonds is 5. The van der Waals surface area contributed by atoms with E-state index >= 15 is 0 Å². The number of carbonyl (C=O) groups is 2. The predicted octanol–water partition coefficient (Wildman–Crippen LogP) is 1.83. The summed E-state index contributed by atoms with van der Waals surface area (Å²) in [5.41, 5.74) is 0.690. The first-order valence-electron chi connectivity index (χ1n) is 8.66. The van der Waals surface area contributed by atoms with Crippen molar-refractivity contribution in [1.29, 1.82) is 0 Å². The van der Waals surface area contributed by atoms with E-state index in [9.17, 15) is 14.4 Å². The van der Waals surface area contributed by atoms with Gasteiger partial charge in [-0.2, -0.15) is 5.10 Å². The Bertz CT molecular complexity index is 1240. The number of hydrogen-bond donors (Lipinski definition) is 3. The van der Waals surface area contributed by atoms with Crippen LogP contribution >= 0.6 is 0 Å². The number of aromatic nitrogens is 2. The van der Waals surface area contributed by atoms with E-state index < -0.39 is 11.5 Å². The van der Waals surface area contributed by atoms with Gasteiger partial charge in [0.1, 0.15) is 11.1 Å².